The summed E-state index contributed by atoms with van der Waals surface area (Å²) >= 11 is 0. The maximum Gasteiger partial charge on any atom is 0.328 e. The lowest BCUT2D eigenvalue weighted by atomic mass is 10.2. The van der Waals surface area contributed by atoms with Crippen LogP contribution in [0, 0.1) is 0 Å². The summed E-state index contributed by atoms with van der Waals surface area (Å²) in [7, 11) is 0. The van der Waals surface area contributed by atoms with Gasteiger partial charge in [0.25, 0.3) is 5.56 Å². The maximum absolute atomic E-state index is 12.1. The summed E-state index contributed by atoms with van der Waals surface area (Å²) in [5.41, 5.74) is 0.0744. The predicted octanol–water partition coefficient (Wildman–Crippen LogP) is 0.404. The van der Waals surface area contributed by atoms with Gasteiger partial charge >= 0.3 is 5.69 Å². The van der Waals surface area contributed by atoms with E-state index in [1.165, 1.54) is 17.0 Å². The molecule has 1 N–H and O–H groups in total. The van der Waals surface area contributed by atoms with Crippen molar-refractivity contribution in [3.8, 4) is 11.3 Å². The minimum Gasteiger partial charge on any atom is -0.313 e. The Morgan fingerprint density at radius 1 is 1.41 bits per heavy atom. The van der Waals surface area contributed by atoms with Crippen molar-refractivity contribution in [1.82, 2.24) is 19.7 Å². The number of H-pyrrole nitrogens is 1. The molecule has 0 unspecified atom stereocenters. The van der Waals surface area contributed by atoms with Gasteiger partial charge in [-0.3, -0.25) is 9.36 Å². The van der Waals surface area contributed by atoms with Crippen LogP contribution in [0.2, 0.25) is 0 Å². The predicted molar refractivity (Wildman–Crippen MR) is 62.6 cm³/mol. The van der Waals surface area contributed by atoms with E-state index in [9.17, 15) is 9.59 Å². The van der Waals surface area contributed by atoms with Crippen LogP contribution in [0.4, 0.5) is 0 Å². The Kier molecular flexibility index (Phi) is 3.13. The van der Waals surface area contributed by atoms with Gasteiger partial charge in [-0.2, -0.15) is 10.2 Å². The molecular formula is C11H12N4O2. The lowest BCUT2D eigenvalue weighted by Crippen LogP contribution is -2.35. The van der Waals surface area contributed by atoms with Gasteiger partial charge in [-0.15, -0.1) is 0 Å². The lowest BCUT2D eigenvalue weighted by Gasteiger charge is -2.04. The highest BCUT2D eigenvalue weighted by Gasteiger charge is 2.09. The number of hydrogen-bond acceptors (Lipinski definition) is 4. The number of aromatic amines is 1. The summed E-state index contributed by atoms with van der Waals surface area (Å²) in [6.45, 7) is 2.29. The topological polar surface area (TPSA) is 80.6 Å². The van der Waals surface area contributed by atoms with Gasteiger partial charge < -0.3 is 4.98 Å². The highest BCUT2D eigenvalue weighted by atomic mass is 16.2. The lowest BCUT2D eigenvalue weighted by molar-refractivity contribution is 0.616. The van der Waals surface area contributed by atoms with E-state index in [4.69, 9.17) is 0 Å². The Morgan fingerprint density at radius 2 is 2.24 bits per heavy atom. The van der Waals surface area contributed by atoms with Crippen molar-refractivity contribution < 1.29 is 0 Å². The highest BCUT2D eigenvalue weighted by molar-refractivity contribution is 5.55. The standard InChI is InChI=1S/C11H12N4O2/c1-2-6-15-10(16)8(7-12-11(15)17)9-4-3-5-13-14-9/h3-5,7H,2,6H2,1H3,(H,12,17). The van der Waals surface area contributed by atoms with E-state index in [-0.39, 0.29) is 5.56 Å². The van der Waals surface area contributed by atoms with Crippen LogP contribution in [0.3, 0.4) is 0 Å². The zero-order valence-electron chi connectivity index (χ0n) is 9.38. The van der Waals surface area contributed by atoms with Crippen molar-refractivity contribution >= 4 is 0 Å². The van der Waals surface area contributed by atoms with Crippen LogP contribution in [0.25, 0.3) is 11.3 Å². The van der Waals surface area contributed by atoms with Crippen LogP contribution in [0.5, 0.6) is 0 Å². The zero-order chi connectivity index (χ0) is 12.3. The van der Waals surface area contributed by atoms with E-state index >= 15 is 0 Å². The molecule has 17 heavy (non-hydrogen) atoms. The molecule has 0 aliphatic heterocycles. The average Bonchev–Trinajstić information content (AvgIpc) is 2.36. The van der Waals surface area contributed by atoms with Gasteiger partial charge in [0.1, 0.15) is 0 Å². The molecule has 0 bridgehead atoms. The van der Waals surface area contributed by atoms with Gasteiger partial charge in [0, 0.05) is 18.9 Å². The Labute approximate surface area is 97.0 Å². The van der Waals surface area contributed by atoms with Crippen LogP contribution in [0.1, 0.15) is 13.3 Å². The minimum atomic E-state index is -0.399. The second kappa shape index (κ2) is 4.73. The summed E-state index contributed by atoms with van der Waals surface area (Å²) in [5, 5.41) is 7.57. The van der Waals surface area contributed by atoms with Gasteiger partial charge in [-0.25, -0.2) is 4.79 Å². The van der Waals surface area contributed by atoms with Gasteiger partial charge in [-0.1, -0.05) is 6.92 Å². The molecule has 0 aliphatic rings. The van der Waals surface area contributed by atoms with E-state index in [0.717, 1.165) is 0 Å². The van der Waals surface area contributed by atoms with E-state index < -0.39 is 5.69 Å². The first-order valence-electron chi connectivity index (χ1n) is 5.34. The third kappa shape index (κ3) is 2.15. The van der Waals surface area contributed by atoms with E-state index in [2.05, 4.69) is 15.2 Å². The molecule has 6 nitrogen and oxygen atoms in total. The number of rotatable bonds is 3. The Balaban J connectivity index is 2.62. The van der Waals surface area contributed by atoms with Crippen molar-refractivity contribution in [2.45, 2.75) is 19.9 Å². The summed E-state index contributed by atoms with van der Waals surface area (Å²) in [5.74, 6) is 0. The third-order valence-electron chi connectivity index (χ3n) is 2.36. The van der Waals surface area contributed by atoms with Crippen LogP contribution >= 0.6 is 0 Å². The molecule has 0 spiro atoms. The molecule has 2 aromatic rings. The molecule has 0 fully saturated rings. The first-order chi connectivity index (χ1) is 8.24. The molecule has 0 radical (unpaired) electrons. The van der Waals surface area contributed by atoms with Gasteiger partial charge in [0.05, 0.1) is 11.3 Å². The Hall–Kier alpha value is -2.24. The SMILES string of the molecule is CCCn1c(=O)[nH]cc(-c2cccnn2)c1=O. The fourth-order valence-electron chi connectivity index (χ4n) is 1.57. The smallest absolute Gasteiger partial charge is 0.313 e. The molecule has 0 amide bonds. The number of aromatic nitrogens is 4. The zero-order valence-corrected chi connectivity index (χ0v) is 9.38. The summed E-state index contributed by atoms with van der Waals surface area (Å²) in [6.07, 6.45) is 3.62. The van der Waals surface area contributed by atoms with Crippen molar-refractivity contribution in [2.75, 3.05) is 0 Å². The molecule has 0 aliphatic carbocycles. The Bertz CT molecular complexity index is 615. The average molecular weight is 232 g/mol. The highest BCUT2D eigenvalue weighted by Crippen LogP contribution is 2.07. The van der Waals surface area contributed by atoms with Crippen molar-refractivity contribution in [1.29, 1.82) is 0 Å². The summed E-state index contributed by atoms with van der Waals surface area (Å²) in [6, 6.07) is 3.37. The molecule has 88 valence electrons. The van der Waals surface area contributed by atoms with Crippen LogP contribution in [-0.2, 0) is 6.54 Å². The normalized spacial score (nSPS) is 10.4. The molecule has 2 rings (SSSR count). The minimum absolute atomic E-state index is 0.337. The Morgan fingerprint density at radius 3 is 2.88 bits per heavy atom. The van der Waals surface area contributed by atoms with Crippen LogP contribution < -0.4 is 11.2 Å². The van der Waals surface area contributed by atoms with Crippen molar-refractivity contribution in [2.24, 2.45) is 0 Å². The largest absolute Gasteiger partial charge is 0.328 e. The van der Waals surface area contributed by atoms with E-state index in [0.29, 0.717) is 24.2 Å². The van der Waals surface area contributed by atoms with E-state index in [1.54, 1.807) is 12.1 Å². The van der Waals surface area contributed by atoms with Crippen LogP contribution in [-0.4, -0.2) is 19.7 Å². The molecule has 0 atom stereocenters. The molecule has 2 heterocycles. The quantitative estimate of drug-likeness (QED) is 0.830. The molecule has 0 saturated heterocycles. The second-order valence-electron chi connectivity index (χ2n) is 3.57. The van der Waals surface area contributed by atoms with E-state index in [1.807, 2.05) is 6.92 Å². The van der Waals surface area contributed by atoms with Crippen molar-refractivity contribution in [3.63, 3.8) is 0 Å². The van der Waals surface area contributed by atoms with Crippen LogP contribution in [0.15, 0.2) is 34.1 Å². The van der Waals surface area contributed by atoms with Crippen molar-refractivity contribution in [3.05, 3.63) is 45.4 Å². The number of nitrogens with zero attached hydrogens (tertiary/aromatic N) is 3. The number of nitrogens with one attached hydrogen (secondary N) is 1. The van der Waals surface area contributed by atoms with Gasteiger partial charge in [-0.05, 0) is 18.6 Å². The third-order valence-corrected chi connectivity index (χ3v) is 2.36. The molecule has 6 heteroatoms. The maximum atomic E-state index is 12.1. The molecule has 0 saturated carbocycles. The summed E-state index contributed by atoms with van der Waals surface area (Å²) in [4.78, 5) is 26.1. The summed E-state index contributed by atoms with van der Waals surface area (Å²) < 4.78 is 1.17. The molecular weight excluding hydrogens is 220 g/mol. The monoisotopic (exact) mass is 232 g/mol. The first-order valence-corrected chi connectivity index (χ1v) is 5.34. The second-order valence-corrected chi connectivity index (χ2v) is 3.57. The fourth-order valence-corrected chi connectivity index (χ4v) is 1.57. The molecule has 0 aromatic carbocycles. The number of hydrogen-bond donors (Lipinski definition) is 1. The first kappa shape index (κ1) is 11.3. The fraction of sp³-hybridized carbons (Fsp3) is 0.273. The molecule has 2 aromatic heterocycles. The van der Waals surface area contributed by atoms with Gasteiger partial charge in [0.15, 0.2) is 0 Å². The van der Waals surface area contributed by atoms with Gasteiger partial charge in [0.2, 0.25) is 0 Å².